The third-order valence-corrected chi connectivity index (χ3v) is 2.54. The molecule has 0 saturated heterocycles. The van der Waals surface area contributed by atoms with E-state index in [0.29, 0.717) is 6.07 Å². The quantitative estimate of drug-likeness (QED) is 0.820. The fourth-order valence-electron chi connectivity index (χ4n) is 1.58. The summed E-state index contributed by atoms with van der Waals surface area (Å²) in [6.45, 7) is 0.198. The molecule has 0 bridgehead atoms. The molecule has 100 valence electrons. The average molecular weight is 266 g/mol. The van der Waals surface area contributed by atoms with Crippen LogP contribution in [0.5, 0.6) is 0 Å². The summed E-state index contributed by atoms with van der Waals surface area (Å²) in [6.07, 6.45) is 3.30. The molecule has 0 fully saturated rings. The smallest absolute Gasteiger partial charge is 0.254 e. The molecule has 3 N–H and O–H groups in total. The van der Waals surface area contributed by atoms with Crippen molar-refractivity contribution in [3.05, 3.63) is 47.3 Å². The lowest BCUT2D eigenvalue weighted by Crippen LogP contribution is -2.24. The van der Waals surface area contributed by atoms with Gasteiger partial charge in [-0.2, -0.15) is 5.10 Å². The molecule has 1 aromatic carbocycles. The number of hydrogen-bond donors (Lipinski definition) is 2. The molecule has 7 heteroatoms. The Kier molecular flexibility index (Phi) is 3.46. The maximum atomic E-state index is 13.4. The van der Waals surface area contributed by atoms with Crippen LogP contribution < -0.4 is 11.1 Å². The first-order chi connectivity index (χ1) is 8.97. The zero-order valence-corrected chi connectivity index (χ0v) is 10.2. The van der Waals surface area contributed by atoms with E-state index < -0.39 is 17.5 Å². The molecule has 0 atom stereocenters. The maximum absolute atomic E-state index is 13.4. The van der Waals surface area contributed by atoms with Gasteiger partial charge in [0.2, 0.25) is 0 Å². The van der Waals surface area contributed by atoms with E-state index in [2.05, 4.69) is 10.4 Å². The molecule has 1 aromatic heterocycles. The number of amides is 1. The number of benzene rings is 1. The highest BCUT2D eigenvalue weighted by Gasteiger charge is 2.14. The molecule has 0 aliphatic heterocycles. The second-order valence-corrected chi connectivity index (χ2v) is 4.06. The van der Waals surface area contributed by atoms with Gasteiger partial charge in [-0.1, -0.05) is 0 Å². The lowest BCUT2D eigenvalue weighted by Gasteiger charge is -2.06. The summed E-state index contributed by atoms with van der Waals surface area (Å²) in [6, 6.07) is 1.57. The molecule has 19 heavy (non-hydrogen) atoms. The van der Waals surface area contributed by atoms with E-state index in [9.17, 15) is 13.6 Å². The van der Waals surface area contributed by atoms with Crippen molar-refractivity contribution in [1.82, 2.24) is 15.1 Å². The first-order valence-electron chi connectivity index (χ1n) is 5.47. The molecule has 0 aliphatic rings. The Hall–Kier alpha value is -2.44. The van der Waals surface area contributed by atoms with Crippen LogP contribution in [0.2, 0.25) is 0 Å². The van der Waals surface area contributed by atoms with Crippen LogP contribution >= 0.6 is 0 Å². The summed E-state index contributed by atoms with van der Waals surface area (Å²) in [7, 11) is 1.74. The van der Waals surface area contributed by atoms with Gasteiger partial charge in [-0.3, -0.25) is 9.48 Å². The van der Waals surface area contributed by atoms with Crippen molar-refractivity contribution in [3.63, 3.8) is 0 Å². The number of nitrogens with one attached hydrogen (secondary N) is 1. The molecule has 2 rings (SSSR count). The summed E-state index contributed by atoms with van der Waals surface area (Å²) in [4.78, 5) is 11.8. The zero-order chi connectivity index (χ0) is 14.0. The average Bonchev–Trinajstić information content (AvgIpc) is 2.77. The van der Waals surface area contributed by atoms with E-state index in [4.69, 9.17) is 5.73 Å². The van der Waals surface area contributed by atoms with Gasteiger partial charge in [0.1, 0.15) is 11.6 Å². The number of aromatic nitrogens is 2. The normalized spacial score (nSPS) is 10.5. The number of hydrogen-bond acceptors (Lipinski definition) is 3. The third-order valence-electron chi connectivity index (χ3n) is 2.54. The number of halogens is 2. The number of nitrogen functional groups attached to an aromatic ring is 1. The molecule has 2 aromatic rings. The standard InChI is InChI=1S/C12H12F2N4O/c1-18-6-7(5-17-18)4-16-12(19)8-2-11(15)10(14)3-9(8)13/h2-3,5-6H,4,15H2,1H3,(H,16,19). The first kappa shape index (κ1) is 13.0. The van der Waals surface area contributed by atoms with Crippen molar-refractivity contribution in [2.45, 2.75) is 6.54 Å². The lowest BCUT2D eigenvalue weighted by atomic mass is 10.1. The predicted octanol–water partition coefficient (Wildman–Crippen LogP) is 1.21. The molecular weight excluding hydrogens is 254 g/mol. The van der Waals surface area contributed by atoms with Crippen LogP contribution in [-0.4, -0.2) is 15.7 Å². The van der Waals surface area contributed by atoms with Gasteiger partial charge in [0.15, 0.2) is 0 Å². The van der Waals surface area contributed by atoms with Crippen molar-refractivity contribution in [1.29, 1.82) is 0 Å². The first-order valence-corrected chi connectivity index (χ1v) is 5.47. The SMILES string of the molecule is Cn1cc(CNC(=O)c2cc(N)c(F)cc2F)cn1. The van der Waals surface area contributed by atoms with Crippen LogP contribution in [0.4, 0.5) is 14.5 Å². The Morgan fingerprint density at radius 2 is 2.16 bits per heavy atom. The maximum Gasteiger partial charge on any atom is 0.254 e. The van der Waals surface area contributed by atoms with Crippen LogP contribution in [0.3, 0.4) is 0 Å². The summed E-state index contributed by atoms with van der Waals surface area (Å²) in [5.41, 5.74) is 5.51. The van der Waals surface area contributed by atoms with E-state index in [1.54, 1.807) is 24.1 Å². The Bertz CT molecular complexity index is 624. The minimum atomic E-state index is -0.949. The fraction of sp³-hybridized carbons (Fsp3) is 0.167. The van der Waals surface area contributed by atoms with E-state index in [1.165, 1.54) is 0 Å². The van der Waals surface area contributed by atoms with Crippen LogP contribution in [0, 0.1) is 11.6 Å². The molecule has 0 aliphatic carbocycles. The van der Waals surface area contributed by atoms with Crippen molar-refractivity contribution < 1.29 is 13.6 Å². The summed E-state index contributed by atoms with van der Waals surface area (Å²) < 4.78 is 28.0. The van der Waals surface area contributed by atoms with Gasteiger partial charge in [-0.25, -0.2) is 8.78 Å². The number of carbonyl (C=O) groups excluding carboxylic acids is 1. The van der Waals surface area contributed by atoms with Gasteiger partial charge in [-0.05, 0) is 6.07 Å². The monoisotopic (exact) mass is 266 g/mol. The highest BCUT2D eigenvalue weighted by Crippen LogP contribution is 2.16. The second kappa shape index (κ2) is 5.05. The second-order valence-electron chi connectivity index (χ2n) is 4.06. The minimum Gasteiger partial charge on any atom is -0.396 e. The number of carbonyl (C=O) groups is 1. The van der Waals surface area contributed by atoms with Crippen LogP contribution in [0.1, 0.15) is 15.9 Å². The largest absolute Gasteiger partial charge is 0.396 e. The number of nitrogens with zero attached hydrogens (tertiary/aromatic N) is 2. The highest BCUT2D eigenvalue weighted by atomic mass is 19.1. The van der Waals surface area contributed by atoms with E-state index in [0.717, 1.165) is 11.6 Å². The third kappa shape index (κ3) is 2.87. The summed E-state index contributed by atoms with van der Waals surface area (Å²) >= 11 is 0. The molecule has 1 heterocycles. The lowest BCUT2D eigenvalue weighted by molar-refractivity contribution is 0.0947. The van der Waals surface area contributed by atoms with Crippen molar-refractivity contribution in [2.24, 2.45) is 7.05 Å². The number of anilines is 1. The Balaban J connectivity index is 2.10. The Morgan fingerprint density at radius 3 is 2.79 bits per heavy atom. The van der Waals surface area contributed by atoms with E-state index >= 15 is 0 Å². The fourth-order valence-corrected chi connectivity index (χ4v) is 1.58. The molecule has 5 nitrogen and oxygen atoms in total. The molecule has 0 unspecified atom stereocenters. The summed E-state index contributed by atoms with van der Waals surface area (Å²) in [5, 5.41) is 6.44. The van der Waals surface area contributed by atoms with Gasteiger partial charge in [0.05, 0.1) is 17.4 Å². The van der Waals surface area contributed by atoms with Gasteiger partial charge in [0.25, 0.3) is 5.91 Å². The van der Waals surface area contributed by atoms with Gasteiger partial charge >= 0.3 is 0 Å². The number of rotatable bonds is 3. The number of nitrogens with two attached hydrogens (primary N) is 1. The molecular formula is C12H12F2N4O. The van der Waals surface area contributed by atoms with Gasteiger partial charge < -0.3 is 11.1 Å². The Labute approximate surface area is 108 Å². The molecule has 0 radical (unpaired) electrons. The van der Waals surface area contributed by atoms with E-state index in [-0.39, 0.29) is 17.8 Å². The molecule has 0 spiro atoms. The number of aryl methyl sites for hydroxylation is 1. The predicted molar refractivity (Wildman–Crippen MR) is 65.1 cm³/mol. The van der Waals surface area contributed by atoms with Crippen LogP contribution in [-0.2, 0) is 13.6 Å². The topological polar surface area (TPSA) is 72.9 Å². The van der Waals surface area contributed by atoms with Crippen molar-refractivity contribution in [2.75, 3.05) is 5.73 Å². The van der Waals surface area contributed by atoms with Gasteiger partial charge in [-0.15, -0.1) is 0 Å². The van der Waals surface area contributed by atoms with Crippen molar-refractivity contribution in [3.8, 4) is 0 Å². The minimum absolute atomic E-state index is 0.198. The van der Waals surface area contributed by atoms with Gasteiger partial charge in [0, 0.05) is 31.4 Å². The van der Waals surface area contributed by atoms with E-state index in [1.807, 2.05) is 0 Å². The molecule has 1 amide bonds. The summed E-state index contributed by atoms with van der Waals surface area (Å²) in [5.74, 6) is -2.50. The molecule has 0 saturated carbocycles. The van der Waals surface area contributed by atoms with Crippen LogP contribution in [0.25, 0.3) is 0 Å². The van der Waals surface area contributed by atoms with Crippen molar-refractivity contribution >= 4 is 11.6 Å². The van der Waals surface area contributed by atoms with Crippen LogP contribution in [0.15, 0.2) is 24.5 Å². The highest BCUT2D eigenvalue weighted by molar-refractivity contribution is 5.95. The Morgan fingerprint density at radius 1 is 1.42 bits per heavy atom. The zero-order valence-electron chi connectivity index (χ0n) is 10.2.